The standard InChI is InChI=1S/C21H32N6O2.ClH/c28-19(27-13-11-26(12-14-27)16-5-2-1-3-6-16)7-4-9-23-21(29)20-17-15-22-10-8-18(17)24-25-20;/h1-3,5-6,17-18,20,22,24-25H,4,7-15H2,(H,23,29);1H. The topological polar surface area (TPSA) is 88.7 Å². The summed E-state index contributed by atoms with van der Waals surface area (Å²) in [5.74, 6) is 0.494. The molecular formula is C21H33ClN6O2. The second-order valence-electron chi connectivity index (χ2n) is 8.13. The van der Waals surface area contributed by atoms with E-state index in [2.05, 4.69) is 38.5 Å². The summed E-state index contributed by atoms with van der Waals surface area (Å²) in [4.78, 5) is 29.2. The van der Waals surface area contributed by atoms with E-state index < -0.39 is 0 Å². The van der Waals surface area contributed by atoms with E-state index in [-0.39, 0.29) is 36.2 Å². The van der Waals surface area contributed by atoms with Crippen LogP contribution in [0.4, 0.5) is 5.69 Å². The fourth-order valence-corrected chi connectivity index (χ4v) is 4.55. The van der Waals surface area contributed by atoms with E-state index in [0.717, 1.165) is 45.7 Å². The van der Waals surface area contributed by atoms with Crippen LogP contribution in [0.2, 0.25) is 0 Å². The molecule has 30 heavy (non-hydrogen) atoms. The van der Waals surface area contributed by atoms with Crippen molar-refractivity contribution in [2.24, 2.45) is 5.92 Å². The molecule has 0 spiro atoms. The zero-order chi connectivity index (χ0) is 20.1. The Bertz CT molecular complexity index is 698. The van der Waals surface area contributed by atoms with Gasteiger partial charge in [0.2, 0.25) is 11.8 Å². The molecule has 3 atom stereocenters. The first-order valence-electron chi connectivity index (χ1n) is 10.8. The molecule has 4 N–H and O–H groups in total. The van der Waals surface area contributed by atoms with Gasteiger partial charge >= 0.3 is 0 Å². The zero-order valence-corrected chi connectivity index (χ0v) is 18.1. The van der Waals surface area contributed by atoms with Crippen molar-refractivity contribution in [2.75, 3.05) is 50.7 Å². The largest absolute Gasteiger partial charge is 0.368 e. The monoisotopic (exact) mass is 436 g/mol. The molecule has 3 aliphatic rings. The lowest BCUT2D eigenvalue weighted by Crippen LogP contribution is -2.50. The van der Waals surface area contributed by atoms with Gasteiger partial charge in [-0.3, -0.25) is 15.0 Å². The van der Waals surface area contributed by atoms with Gasteiger partial charge in [0.25, 0.3) is 0 Å². The summed E-state index contributed by atoms with van der Waals surface area (Å²) in [5, 5.41) is 6.36. The number of carbonyl (C=O) groups excluding carboxylic acids is 2. The lowest BCUT2D eigenvalue weighted by atomic mass is 9.89. The third-order valence-electron chi connectivity index (χ3n) is 6.28. The number of anilines is 1. The molecule has 166 valence electrons. The molecule has 1 aromatic rings. The van der Waals surface area contributed by atoms with Crippen LogP contribution in [0.15, 0.2) is 30.3 Å². The number of carbonyl (C=O) groups is 2. The highest BCUT2D eigenvalue weighted by Crippen LogP contribution is 2.20. The Labute approximate surface area is 184 Å². The van der Waals surface area contributed by atoms with Gasteiger partial charge < -0.3 is 20.4 Å². The SMILES string of the molecule is Cl.O=C(NCCCC(=O)N1CCN(c2ccccc2)CC1)C1NNC2CCNCC21. The molecule has 1 aromatic carbocycles. The Morgan fingerprint density at radius 3 is 2.60 bits per heavy atom. The Hall–Kier alpha value is -1.87. The summed E-state index contributed by atoms with van der Waals surface area (Å²) >= 11 is 0. The van der Waals surface area contributed by atoms with Gasteiger partial charge in [0.15, 0.2) is 0 Å². The quantitative estimate of drug-likeness (QED) is 0.473. The number of amides is 2. The van der Waals surface area contributed by atoms with Crippen LogP contribution in [0.5, 0.6) is 0 Å². The fourth-order valence-electron chi connectivity index (χ4n) is 4.55. The highest BCUT2D eigenvalue weighted by atomic mass is 35.5. The molecule has 4 rings (SSSR count). The molecule has 3 unspecified atom stereocenters. The van der Waals surface area contributed by atoms with Gasteiger partial charge in [-0.25, -0.2) is 5.43 Å². The summed E-state index contributed by atoms with van der Waals surface area (Å²) < 4.78 is 0. The second kappa shape index (κ2) is 10.9. The smallest absolute Gasteiger partial charge is 0.238 e. The van der Waals surface area contributed by atoms with Gasteiger partial charge in [0, 0.05) is 63.3 Å². The average molecular weight is 437 g/mol. The number of piperidine rings is 1. The first-order chi connectivity index (χ1) is 14.2. The molecule has 3 saturated heterocycles. The van der Waals surface area contributed by atoms with Gasteiger partial charge in [-0.15, -0.1) is 12.4 Å². The summed E-state index contributed by atoms with van der Waals surface area (Å²) in [6, 6.07) is 10.5. The Kier molecular flexibility index (Phi) is 8.32. The number of benzene rings is 1. The number of piperazine rings is 1. The molecule has 0 bridgehead atoms. The van der Waals surface area contributed by atoms with Gasteiger partial charge in [0.05, 0.1) is 0 Å². The molecule has 0 radical (unpaired) electrons. The highest BCUT2D eigenvalue weighted by molar-refractivity contribution is 5.85. The maximum atomic E-state index is 12.5. The number of hydrogen-bond donors (Lipinski definition) is 4. The third kappa shape index (κ3) is 5.43. The summed E-state index contributed by atoms with van der Waals surface area (Å²) in [6.45, 7) is 5.63. The van der Waals surface area contributed by atoms with E-state index in [1.807, 2.05) is 23.1 Å². The van der Waals surface area contributed by atoms with Gasteiger partial charge in [-0.05, 0) is 31.5 Å². The number of rotatable bonds is 6. The Balaban J connectivity index is 0.00000256. The van der Waals surface area contributed by atoms with Gasteiger partial charge in [-0.2, -0.15) is 0 Å². The van der Waals surface area contributed by atoms with Crippen molar-refractivity contribution in [3.63, 3.8) is 0 Å². The van der Waals surface area contributed by atoms with Crippen molar-refractivity contribution in [2.45, 2.75) is 31.3 Å². The van der Waals surface area contributed by atoms with Crippen LogP contribution in [0.3, 0.4) is 0 Å². The van der Waals surface area contributed by atoms with E-state index in [4.69, 9.17) is 0 Å². The molecule has 8 nitrogen and oxygen atoms in total. The number of halogens is 1. The number of hydrazine groups is 1. The lowest BCUT2D eigenvalue weighted by molar-refractivity contribution is -0.132. The molecular weight excluding hydrogens is 404 g/mol. The fraction of sp³-hybridized carbons (Fsp3) is 0.619. The Morgan fingerprint density at radius 2 is 1.83 bits per heavy atom. The van der Waals surface area contributed by atoms with Crippen LogP contribution in [0.25, 0.3) is 0 Å². The maximum absolute atomic E-state index is 12.5. The van der Waals surface area contributed by atoms with Crippen molar-refractivity contribution in [3.8, 4) is 0 Å². The van der Waals surface area contributed by atoms with Crippen molar-refractivity contribution >= 4 is 29.9 Å². The van der Waals surface area contributed by atoms with Crippen molar-refractivity contribution in [1.82, 2.24) is 26.4 Å². The molecule has 3 aliphatic heterocycles. The molecule has 0 saturated carbocycles. The molecule has 0 aliphatic carbocycles. The van der Waals surface area contributed by atoms with Crippen molar-refractivity contribution < 1.29 is 9.59 Å². The number of nitrogens with zero attached hydrogens (tertiary/aromatic N) is 2. The molecule has 9 heteroatoms. The van der Waals surface area contributed by atoms with Gasteiger partial charge in [0.1, 0.15) is 6.04 Å². The van der Waals surface area contributed by atoms with Crippen molar-refractivity contribution in [3.05, 3.63) is 30.3 Å². The summed E-state index contributed by atoms with van der Waals surface area (Å²) in [6.07, 6.45) is 2.19. The minimum Gasteiger partial charge on any atom is -0.368 e. The van der Waals surface area contributed by atoms with Crippen molar-refractivity contribution in [1.29, 1.82) is 0 Å². The molecule has 2 amide bonds. The minimum atomic E-state index is -0.199. The first kappa shape index (κ1) is 22.8. The zero-order valence-electron chi connectivity index (χ0n) is 17.3. The number of fused-ring (bicyclic) bond motifs is 1. The summed E-state index contributed by atoms with van der Waals surface area (Å²) in [7, 11) is 0. The maximum Gasteiger partial charge on any atom is 0.238 e. The number of nitrogens with one attached hydrogen (secondary N) is 4. The van der Waals surface area contributed by atoms with E-state index in [9.17, 15) is 9.59 Å². The van der Waals surface area contributed by atoms with Gasteiger partial charge in [-0.1, -0.05) is 18.2 Å². The minimum absolute atomic E-state index is 0. The second-order valence-corrected chi connectivity index (χ2v) is 8.13. The van der Waals surface area contributed by atoms with Crippen LogP contribution >= 0.6 is 12.4 Å². The van der Waals surface area contributed by atoms with Crippen LogP contribution in [0, 0.1) is 5.92 Å². The van der Waals surface area contributed by atoms with Crippen LogP contribution < -0.4 is 26.4 Å². The first-order valence-corrected chi connectivity index (χ1v) is 10.8. The van der Waals surface area contributed by atoms with E-state index >= 15 is 0 Å². The van der Waals surface area contributed by atoms with Crippen LogP contribution in [-0.2, 0) is 9.59 Å². The van der Waals surface area contributed by atoms with E-state index in [1.54, 1.807) is 0 Å². The molecule has 0 aromatic heterocycles. The average Bonchev–Trinajstić information content (AvgIpc) is 3.21. The third-order valence-corrected chi connectivity index (χ3v) is 6.28. The predicted molar refractivity (Wildman–Crippen MR) is 120 cm³/mol. The lowest BCUT2D eigenvalue weighted by Gasteiger charge is -2.36. The van der Waals surface area contributed by atoms with E-state index in [0.29, 0.717) is 25.4 Å². The molecule has 3 fully saturated rings. The number of hydrogen-bond acceptors (Lipinski definition) is 6. The predicted octanol–water partition coefficient (Wildman–Crippen LogP) is 0.108. The summed E-state index contributed by atoms with van der Waals surface area (Å²) in [5.41, 5.74) is 7.59. The van der Waals surface area contributed by atoms with Crippen LogP contribution in [0.1, 0.15) is 19.3 Å². The Morgan fingerprint density at radius 1 is 1.07 bits per heavy atom. The van der Waals surface area contributed by atoms with E-state index in [1.165, 1.54) is 5.69 Å². The van der Waals surface area contributed by atoms with Crippen LogP contribution in [-0.4, -0.2) is 74.6 Å². The number of para-hydroxylation sites is 1. The molecule has 3 heterocycles. The highest BCUT2D eigenvalue weighted by Gasteiger charge is 2.40. The normalized spacial score (nSPS) is 25.9.